The minimum Gasteiger partial charge on any atom is -0.493 e. The molecule has 2 aromatic carbocycles. The number of hydrogen-bond acceptors (Lipinski definition) is 4. The highest BCUT2D eigenvalue weighted by Crippen LogP contribution is 2.17. The fourth-order valence-electron chi connectivity index (χ4n) is 2.31. The number of nitrogens with zero attached hydrogens (tertiary/aromatic N) is 1. The first-order chi connectivity index (χ1) is 12.0. The molecule has 25 heavy (non-hydrogen) atoms. The molecule has 0 bridgehead atoms. The van der Waals surface area contributed by atoms with E-state index in [9.17, 15) is 9.50 Å². The third-order valence-corrected chi connectivity index (χ3v) is 3.76. The number of benzene rings is 2. The van der Waals surface area contributed by atoms with Crippen molar-refractivity contribution in [3.05, 3.63) is 59.4 Å². The van der Waals surface area contributed by atoms with Crippen LogP contribution >= 0.6 is 11.6 Å². The Balaban J connectivity index is 1.59. The monoisotopic (exact) mass is 367 g/mol. The van der Waals surface area contributed by atoms with Crippen LogP contribution in [0.25, 0.3) is 0 Å². The van der Waals surface area contributed by atoms with E-state index in [2.05, 4.69) is 0 Å². The maximum absolute atomic E-state index is 12.8. The molecule has 136 valence electrons. The van der Waals surface area contributed by atoms with Gasteiger partial charge in [-0.2, -0.15) is 0 Å². The Hall–Kier alpha value is -1.82. The van der Waals surface area contributed by atoms with Gasteiger partial charge in [0.05, 0.1) is 6.61 Å². The number of rotatable bonds is 10. The van der Waals surface area contributed by atoms with Crippen molar-refractivity contribution < 1.29 is 19.0 Å². The van der Waals surface area contributed by atoms with Crippen molar-refractivity contribution in [2.24, 2.45) is 0 Å². The number of aliphatic hydroxyl groups is 1. The van der Waals surface area contributed by atoms with Gasteiger partial charge in [0.2, 0.25) is 0 Å². The van der Waals surface area contributed by atoms with E-state index in [0.717, 1.165) is 18.7 Å². The topological polar surface area (TPSA) is 41.9 Å². The normalized spacial score (nSPS) is 12.2. The summed E-state index contributed by atoms with van der Waals surface area (Å²) in [5.74, 6) is 0.980. The fraction of sp³-hybridized carbons (Fsp3) is 0.368. The highest BCUT2D eigenvalue weighted by Gasteiger charge is 2.09. The molecule has 6 heteroatoms. The van der Waals surface area contributed by atoms with Gasteiger partial charge in [-0.05, 0) is 55.9 Å². The molecule has 1 N–H and O–H groups in total. The van der Waals surface area contributed by atoms with Crippen LogP contribution in [0, 0.1) is 5.82 Å². The Kier molecular flexibility index (Phi) is 7.98. The molecule has 0 fully saturated rings. The van der Waals surface area contributed by atoms with E-state index in [1.54, 1.807) is 24.3 Å². The molecule has 0 radical (unpaired) electrons. The summed E-state index contributed by atoms with van der Waals surface area (Å²) in [6, 6.07) is 13.0. The molecule has 2 rings (SSSR count). The number of halogens is 2. The van der Waals surface area contributed by atoms with Crippen molar-refractivity contribution in [1.82, 2.24) is 4.90 Å². The average Bonchev–Trinajstić information content (AvgIpc) is 2.58. The molecule has 1 atom stereocenters. The van der Waals surface area contributed by atoms with Crippen molar-refractivity contribution in [2.45, 2.75) is 12.5 Å². The minimum absolute atomic E-state index is 0.162. The van der Waals surface area contributed by atoms with Crippen LogP contribution in [0.5, 0.6) is 11.5 Å². The van der Waals surface area contributed by atoms with E-state index in [1.165, 1.54) is 12.1 Å². The number of likely N-dealkylation sites (N-methyl/N-ethyl adjacent to an activating group) is 1. The summed E-state index contributed by atoms with van der Waals surface area (Å²) in [7, 11) is 1.93. The zero-order valence-corrected chi connectivity index (χ0v) is 15.0. The van der Waals surface area contributed by atoms with E-state index in [-0.39, 0.29) is 12.4 Å². The third-order valence-electron chi connectivity index (χ3n) is 3.53. The second-order valence-corrected chi connectivity index (χ2v) is 6.28. The quantitative estimate of drug-likeness (QED) is 0.651. The standard InChI is InChI=1S/C19H23ClFNO3/c1-22(10-3-11-24-19-5-2-4-15(20)12-19)13-17(23)14-25-18-8-6-16(21)7-9-18/h2,4-9,12,17,23H,3,10-11,13-14H2,1H3. The molecular weight excluding hydrogens is 345 g/mol. The molecule has 0 aliphatic rings. The first-order valence-electron chi connectivity index (χ1n) is 8.16. The Labute approximate surface area is 152 Å². The number of aliphatic hydroxyl groups excluding tert-OH is 1. The van der Waals surface area contributed by atoms with Crippen molar-refractivity contribution in [3.63, 3.8) is 0 Å². The molecule has 0 heterocycles. The lowest BCUT2D eigenvalue weighted by molar-refractivity contribution is 0.0748. The average molecular weight is 368 g/mol. The van der Waals surface area contributed by atoms with Gasteiger partial charge in [-0.25, -0.2) is 4.39 Å². The van der Waals surface area contributed by atoms with Gasteiger partial charge in [-0.15, -0.1) is 0 Å². The van der Waals surface area contributed by atoms with Gasteiger partial charge < -0.3 is 19.5 Å². The first-order valence-corrected chi connectivity index (χ1v) is 8.54. The second-order valence-electron chi connectivity index (χ2n) is 5.84. The van der Waals surface area contributed by atoms with Gasteiger partial charge in [0.15, 0.2) is 0 Å². The van der Waals surface area contributed by atoms with Gasteiger partial charge in [-0.1, -0.05) is 17.7 Å². The summed E-state index contributed by atoms with van der Waals surface area (Å²) in [6.07, 6.45) is 0.207. The van der Waals surface area contributed by atoms with Crippen LogP contribution in [0.2, 0.25) is 5.02 Å². The highest BCUT2D eigenvalue weighted by atomic mass is 35.5. The van der Waals surface area contributed by atoms with Gasteiger partial charge in [0, 0.05) is 18.1 Å². The maximum atomic E-state index is 12.8. The molecule has 0 aliphatic carbocycles. The SMILES string of the molecule is CN(CCCOc1cccc(Cl)c1)CC(O)COc1ccc(F)cc1. The Morgan fingerprint density at radius 1 is 1.12 bits per heavy atom. The predicted molar refractivity (Wildman–Crippen MR) is 97.0 cm³/mol. The van der Waals surface area contributed by atoms with Crippen LogP contribution in [-0.4, -0.2) is 49.5 Å². The molecule has 0 saturated carbocycles. The summed E-state index contributed by atoms with van der Waals surface area (Å²) in [4.78, 5) is 2.01. The Morgan fingerprint density at radius 2 is 1.88 bits per heavy atom. The van der Waals surface area contributed by atoms with Crippen molar-refractivity contribution >= 4 is 11.6 Å². The minimum atomic E-state index is -0.621. The summed E-state index contributed by atoms with van der Waals surface area (Å²) < 4.78 is 23.9. The van der Waals surface area contributed by atoms with E-state index >= 15 is 0 Å². The van der Waals surface area contributed by atoms with Gasteiger partial charge in [0.1, 0.15) is 30.0 Å². The molecule has 2 aromatic rings. The molecule has 0 aromatic heterocycles. The summed E-state index contributed by atoms with van der Waals surface area (Å²) in [5.41, 5.74) is 0. The smallest absolute Gasteiger partial charge is 0.123 e. The highest BCUT2D eigenvalue weighted by molar-refractivity contribution is 6.30. The van der Waals surface area contributed by atoms with E-state index in [4.69, 9.17) is 21.1 Å². The lowest BCUT2D eigenvalue weighted by Gasteiger charge is -2.20. The molecule has 0 aliphatic heterocycles. The van der Waals surface area contributed by atoms with Crippen LogP contribution in [-0.2, 0) is 0 Å². The number of hydrogen-bond donors (Lipinski definition) is 1. The molecule has 4 nitrogen and oxygen atoms in total. The zero-order valence-electron chi connectivity index (χ0n) is 14.2. The summed E-state index contributed by atoms with van der Waals surface area (Å²) >= 11 is 5.90. The van der Waals surface area contributed by atoms with E-state index in [1.807, 2.05) is 24.1 Å². The third kappa shape index (κ3) is 7.73. The summed E-state index contributed by atoms with van der Waals surface area (Å²) in [6.45, 7) is 2.01. The number of ether oxygens (including phenoxy) is 2. The molecule has 0 amide bonds. The van der Waals surface area contributed by atoms with Gasteiger partial charge in [0.25, 0.3) is 0 Å². The van der Waals surface area contributed by atoms with Crippen LogP contribution in [0.4, 0.5) is 4.39 Å². The molecular formula is C19H23ClFNO3. The fourth-order valence-corrected chi connectivity index (χ4v) is 2.49. The Bertz CT molecular complexity index is 639. The van der Waals surface area contributed by atoms with E-state index < -0.39 is 6.10 Å². The largest absolute Gasteiger partial charge is 0.493 e. The van der Waals surface area contributed by atoms with Crippen LogP contribution < -0.4 is 9.47 Å². The lowest BCUT2D eigenvalue weighted by atomic mass is 10.3. The van der Waals surface area contributed by atoms with Crippen LogP contribution in [0.15, 0.2) is 48.5 Å². The summed E-state index contributed by atoms with van der Waals surface area (Å²) in [5, 5.41) is 10.7. The van der Waals surface area contributed by atoms with Crippen LogP contribution in [0.1, 0.15) is 6.42 Å². The first kappa shape index (κ1) is 19.5. The molecule has 0 saturated heterocycles. The lowest BCUT2D eigenvalue weighted by Crippen LogP contribution is -2.34. The molecule has 0 spiro atoms. The second kappa shape index (κ2) is 10.2. The van der Waals surface area contributed by atoms with Crippen LogP contribution in [0.3, 0.4) is 0 Å². The predicted octanol–water partition coefficient (Wildman–Crippen LogP) is 3.62. The van der Waals surface area contributed by atoms with Crippen molar-refractivity contribution in [1.29, 1.82) is 0 Å². The van der Waals surface area contributed by atoms with Gasteiger partial charge in [-0.3, -0.25) is 0 Å². The maximum Gasteiger partial charge on any atom is 0.123 e. The van der Waals surface area contributed by atoms with Gasteiger partial charge >= 0.3 is 0 Å². The van der Waals surface area contributed by atoms with Crippen molar-refractivity contribution in [2.75, 3.05) is 33.4 Å². The van der Waals surface area contributed by atoms with E-state index in [0.29, 0.717) is 23.9 Å². The zero-order chi connectivity index (χ0) is 18.1. The Morgan fingerprint density at radius 3 is 2.60 bits per heavy atom. The molecule has 1 unspecified atom stereocenters. The van der Waals surface area contributed by atoms with Crippen molar-refractivity contribution in [3.8, 4) is 11.5 Å².